The van der Waals surface area contributed by atoms with Crippen LogP contribution in [0, 0.1) is 11.3 Å². The quantitative estimate of drug-likeness (QED) is 0.714. The van der Waals surface area contributed by atoms with Crippen LogP contribution < -0.4 is 11.1 Å². The first kappa shape index (κ1) is 16.4. The summed E-state index contributed by atoms with van der Waals surface area (Å²) in [6.45, 7) is 9.57. The summed E-state index contributed by atoms with van der Waals surface area (Å²) in [5.41, 5.74) is 5.62. The van der Waals surface area contributed by atoms with Crippen molar-refractivity contribution in [3.05, 3.63) is 0 Å². The van der Waals surface area contributed by atoms with E-state index in [9.17, 15) is 4.79 Å². The van der Waals surface area contributed by atoms with Crippen molar-refractivity contribution >= 4 is 5.91 Å². The molecule has 0 fully saturated rings. The molecule has 0 aliphatic heterocycles. The van der Waals surface area contributed by atoms with Gasteiger partial charge < -0.3 is 15.8 Å². The summed E-state index contributed by atoms with van der Waals surface area (Å²) >= 11 is 0. The van der Waals surface area contributed by atoms with E-state index in [4.69, 9.17) is 10.5 Å². The Bertz CT molecular complexity index is 224. The van der Waals surface area contributed by atoms with Crippen molar-refractivity contribution in [2.24, 2.45) is 17.1 Å². The summed E-state index contributed by atoms with van der Waals surface area (Å²) < 4.78 is 5.02. The summed E-state index contributed by atoms with van der Waals surface area (Å²) in [6, 6.07) is 0.134. The Morgan fingerprint density at radius 1 is 1.41 bits per heavy atom. The van der Waals surface area contributed by atoms with E-state index in [0.29, 0.717) is 19.6 Å². The van der Waals surface area contributed by atoms with E-state index in [-0.39, 0.29) is 23.3 Å². The maximum absolute atomic E-state index is 11.9. The van der Waals surface area contributed by atoms with Gasteiger partial charge >= 0.3 is 0 Å². The van der Waals surface area contributed by atoms with Crippen LogP contribution in [-0.2, 0) is 9.53 Å². The predicted octanol–water partition coefficient (Wildman–Crippen LogP) is 1.54. The predicted molar refractivity (Wildman–Crippen MR) is 70.7 cm³/mol. The molecule has 2 unspecified atom stereocenters. The molecule has 0 spiro atoms. The molecule has 102 valence electrons. The Hall–Kier alpha value is -0.610. The first-order valence-electron chi connectivity index (χ1n) is 6.29. The Labute approximate surface area is 105 Å². The second-order valence-corrected chi connectivity index (χ2v) is 5.83. The van der Waals surface area contributed by atoms with E-state index in [0.717, 1.165) is 6.42 Å². The summed E-state index contributed by atoms with van der Waals surface area (Å²) in [5.74, 6) is 0.335. The van der Waals surface area contributed by atoms with Gasteiger partial charge in [0.05, 0.1) is 0 Å². The molecule has 0 rings (SSSR count). The average molecular weight is 244 g/mol. The standard InChI is InChI=1S/C13H28N2O2/c1-10(9-17-5)8-12(16)15-11(6-7-14)13(2,3)4/h10-11H,6-9,14H2,1-5H3,(H,15,16). The van der Waals surface area contributed by atoms with Crippen LogP contribution in [-0.4, -0.2) is 32.2 Å². The largest absolute Gasteiger partial charge is 0.384 e. The van der Waals surface area contributed by atoms with E-state index < -0.39 is 0 Å². The van der Waals surface area contributed by atoms with Crippen molar-refractivity contribution in [2.45, 2.75) is 46.6 Å². The summed E-state index contributed by atoms with van der Waals surface area (Å²) in [7, 11) is 1.65. The Kier molecular flexibility index (Phi) is 7.39. The lowest BCUT2D eigenvalue weighted by atomic mass is 9.84. The molecule has 0 bridgehead atoms. The van der Waals surface area contributed by atoms with Gasteiger partial charge in [0.2, 0.25) is 5.91 Å². The molecule has 0 saturated heterocycles. The third-order valence-corrected chi connectivity index (χ3v) is 2.82. The number of ether oxygens (including phenoxy) is 1. The van der Waals surface area contributed by atoms with Crippen molar-refractivity contribution in [3.63, 3.8) is 0 Å². The highest BCUT2D eigenvalue weighted by Crippen LogP contribution is 2.21. The summed E-state index contributed by atoms with van der Waals surface area (Å²) in [4.78, 5) is 11.9. The molecule has 0 radical (unpaired) electrons. The molecule has 0 heterocycles. The molecule has 0 aliphatic carbocycles. The topological polar surface area (TPSA) is 64.3 Å². The smallest absolute Gasteiger partial charge is 0.220 e. The monoisotopic (exact) mass is 244 g/mol. The van der Waals surface area contributed by atoms with Gasteiger partial charge in [-0.15, -0.1) is 0 Å². The zero-order chi connectivity index (χ0) is 13.5. The molecule has 0 aromatic carbocycles. The van der Waals surface area contributed by atoms with Gasteiger partial charge in [-0.2, -0.15) is 0 Å². The first-order valence-corrected chi connectivity index (χ1v) is 6.29. The summed E-state index contributed by atoms with van der Waals surface area (Å²) in [6.07, 6.45) is 1.32. The lowest BCUT2D eigenvalue weighted by Crippen LogP contribution is -2.45. The van der Waals surface area contributed by atoms with Crippen molar-refractivity contribution in [1.29, 1.82) is 0 Å². The lowest BCUT2D eigenvalue weighted by molar-refractivity contribution is -0.123. The SMILES string of the molecule is COCC(C)CC(=O)NC(CCN)C(C)(C)C. The van der Waals surface area contributed by atoms with Crippen LogP contribution in [0.2, 0.25) is 0 Å². The maximum atomic E-state index is 11.9. The number of nitrogens with two attached hydrogens (primary N) is 1. The number of amides is 1. The normalized spacial score (nSPS) is 15.4. The Morgan fingerprint density at radius 2 is 2.00 bits per heavy atom. The molecule has 0 saturated carbocycles. The van der Waals surface area contributed by atoms with E-state index in [2.05, 4.69) is 26.1 Å². The third kappa shape index (κ3) is 7.34. The fraction of sp³-hybridized carbons (Fsp3) is 0.923. The van der Waals surface area contributed by atoms with Gasteiger partial charge in [-0.05, 0) is 24.3 Å². The molecular weight excluding hydrogens is 216 g/mol. The first-order chi connectivity index (χ1) is 7.81. The van der Waals surface area contributed by atoms with Crippen molar-refractivity contribution in [2.75, 3.05) is 20.3 Å². The Morgan fingerprint density at radius 3 is 2.41 bits per heavy atom. The minimum atomic E-state index is 0.0412. The van der Waals surface area contributed by atoms with Crippen LogP contribution in [0.15, 0.2) is 0 Å². The number of methoxy groups -OCH3 is 1. The van der Waals surface area contributed by atoms with Crippen LogP contribution in [0.4, 0.5) is 0 Å². The van der Waals surface area contributed by atoms with E-state index in [1.807, 2.05) is 6.92 Å². The molecule has 2 atom stereocenters. The van der Waals surface area contributed by atoms with Crippen LogP contribution >= 0.6 is 0 Å². The van der Waals surface area contributed by atoms with Crippen LogP contribution in [0.25, 0.3) is 0 Å². The van der Waals surface area contributed by atoms with Gasteiger partial charge in [0.25, 0.3) is 0 Å². The van der Waals surface area contributed by atoms with Gasteiger partial charge in [-0.25, -0.2) is 0 Å². The minimum Gasteiger partial charge on any atom is -0.384 e. The third-order valence-electron chi connectivity index (χ3n) is 2.82. The highest BCUT2D eigenvalue weighted by molar-refractivity contribution is 5.76. The average Bonchev–Trinajstić information content (AvgIpc) is 2.15. The van der Waals surface area contributed by atoms with Gasteiger partial charge in [0.1, 0.15) is 0 Å². The lowest BCUT2D eigenvalue weighted by Gasteiger charge is -2.31. The van der Waals surface area contributed by atoms with Crippen molar-refractivity contribution in [1.82, 2.24) is 5.32 Å². The fourth-order valence-electron chi connectivity index (χ4n) is 1.80. The Balaban J connectivity index is 4.22. The molecule has 0 aliphatic rings. The molecule has 17 heavy (non-hydrogen) atoms. The molecule has 3 N–H and O–H groups in total. The molecular formula is C13H28N2O2. The fourth-order valence-corrected chi connectivity index (χ4v) is 1.80. The highest BCUT2D eigenvalue weighted by atomic mass is 16.5. The summed E-state index contributed by atoms with van der Waals surface area (Å²) in [5, 5.41) is 3.07. The van der Waals surface area contributed by atoms with E-state index >= 15 is 0 Å². The zero-order valence-electron chi connectivity index (χ0n) is 11.9. The van der Waals surface area contributed by atoms with E-state index in [1.165, 1.54) is 0 Å². The van der Waals surface area contributed by atoms with Gasteiger partial charge in [0.15, 0.2) is 0 Å². The molecule has 1 amide bonds. The molecule has 0 aromatic rings. The van der Waals surface area contributed by atoms with Crippen LogP contribution in [0.3, 0.4) is 0 Å². The second-order valence-electron chi connectivity index (χ2n) is 5.83. The van der Waals surface area contributed by atoms with Crippen LogP contribution in [0.5, 0.6) is 0 Å². The van der Waals surface area contributed by atoms with Gasteiger partial charge in [-0.1, -0.05) is 27.7 Å². The number of carbonyl (C=O) groups excluding carboxylic acids is 1. The van der Waals surface area contributed by atoms with Crippen molar-refractivity contribution < 1.29 is 9.53 Å². The van der Waals surface area contributed by atoms with Crippen molar-refractivity contribution in [3.8, 4) is 0 Å². The number of rotatable bonds is 7. The number of hydrogen-bond acceptors (Lipinski definition) is 3. The molecule has 4 nitrogen and oxygen atoms in total. The maximum Gasteiger partial charge on any atom is 0.220 e. The number of hydrogen-bond donors (Lipinski definition) is 2. The number of nitrogens with one attached hydrogen (secondary N) is 1. The van der Waals surface area contributed by atoms with Gasteiger partial charge in [0, 0.05) is 26.2 Å². The van der Waals surface area contributed by atoms with E-state index in [1.54, 1.807) is 7.11 Å². The van der Waals surface area contributed by atoms with Crippen LogP contribution in [0.1, 0.15) is 40.5 Å². The van der Waals surface area contributed by atoms with Gasteiger partial charge in [-0.3, -0.25) is 4.79 Å². The highest BCUT2D eigenvalue weighted by Gasteiger charge is 2.25. The molecule has 4 heteroatoms. The second kappa shape index (κ2) is 7.67. The zero-order valence-corrected chi connectivity index (χ0v) is 11.9. The minimum absolute atomic E-state index is 0.0412. The molecule has 0 aromatic heterocycles. The number of carbonyl (C=O) groups is 1.